The van der Waals surface area contributed by atoms with Gasteiger partial charge in [0.2, 0.25) is 0 Å². The minimum atomic E-state index is 0.0968. The fourth-order valence-electron chi connectivity index (χ4n) is 2.66. The maximum Gasteiger partial charge on any atom is 0.191 e. The predicted molar refractivity (Wildman–Crippen MR) is 98.3 cm³/mol. The molecule has 2 heterocycles. The van der Waals surface area contributed by atoms with E-state index >= 15 is 0 Å². The van der Waals surface area contributed by atoms with Gasteiger partial charge in [0.1, 0.15) is 24.2 Å². The van der Waals surface area contributed by atoms with E-state index in [1.165, 1.54) is 5.56 Å². The molecule has 1 aliphatic rings. The largest absolute Gasteiger partial charge is 0.490 e. The molecule has 2 aromatic rings. The van der Waals surface area contributed by atoms with Crippen LogP contribution in [0.25, 0.3) is 0 Å². The second-order valence-corrected chi connectivity index (χ2v) is 5.74. The maximum atomic E-state index is 5.92. The number of hydrogen-bond donors (Lipinski definition) is 2. The van der Waals surface area contributed by atoms with Gasteiger partial charge in [0.15, 0.2) is 5.96 Å². The summed E-state index contributed by atoms with van der Waals surface area (Å²) in [5.41, 5.74) is 1.26. The molecule has 0 saturated carbocycles. The summed E-state index contributed by atoms with van der Waals surface area (Å²) in [4.78, 5) is 8.65. The van der Waals surface area contributed by atoms with E-state index in [0.29, 0.717) is 19.7 Å². The van der Waals surface area contributed by atoms with Gasteiger partial charge in [-0.05, 0) is 30.7 Å². The lowest BCUT2D eigenvalue weighted by Crippen LogP contribution is -2.40. The molecule has 1 unspecified atom stereocenters. The first-order chi connectivity index (χ1) is 12.3. The molecule has 0 fully saturated rings. The minimum absolute atomic E-state index is 0.0968. The Hall–Kier alpha value is -2.76. The van der Waals surface area contributed by atoms with Gasteiger partial charge in [-0.2, -0.15) is 0 Å². The Morgan fingerprint density at radius 3 is 3.00 bits per heavy atom. The Balaban J connectivity index is 1.43. The lowest BCUT2D eigenvalue weighted by atomic mass is 10.1. The zero-order chi connectivity index (χ0) is 17.3. The normalized spacial score (nSPS) is 16.0. The molecule has 1 atom stereocenters. The number of ether oxygens (including phenoxy) is 2. The van der Waals surface area contributed by atoms with Gasteiger partial charge in [-0.1, -0.05) is 18.2 Å². The molecule has 0 aliphatic carbocycles. The van der Waals surface area contributed by atoms with Crippen molar-refractivity contribution in [2.24, 2.45) is 4.99 Å². The topological polar surface area (TPSA) is 67.8 Å². The fourth-order valence-corrected chi connectivity index (χ4v) is 2.66. The van der Waals surface area contributed by atoms with Crippen LogP contribution in [0.3, 0.4) is 0 Å². The number of fused-ring (bicyclic) bond motifs is 1. The van der Waals surface area contributed by atoms with Gasteiger partial charge in [-0.3, -0.25) is 4.98 Å². The SMILES string of the molecule is CCNC(=NCC1Cc2ccccc2O1)NCCOc1cccnc1. The molecule has 0 amide bonds. The number of nitrogens with zero attached hydrogens (tertiary/aromatic N) is 2. The van der Waals surface area contributed by atoms with Crippen molar-refractivity contribution in [3.05, 3.63) is 54.4 Å². The summed E-state index contributed by atoms with van der Waals surface area (Å²) in [5, 5.41) is 6.52. The van der Waals surface area contributed by atoms with Crippen LogP contribution in [0.15, 0.2) is 53.8 Å². The van der Waals surface area contributed by atoms with Crippen molar-refractivity contribution < 1.29 is 9.47 Å². The molecule has 1 aliphatic heterocycles. The number of nitrogens with one attached hydrogen (secondary N) is 2. The average Bonchev–Trinajstić information content (AvgIpc) is 3.07. The lowest BCUT2D eigenvalue weighted by molar-refractivity contribution is 0.241. The number of para-hydroxylation sites is 1. The average molecular weight is 340 g/mol. The standard InChI is InChI=1S/C19H24N4O2/c1-2-21-19(22-10-11-24-16-7-5-9-20-13-16)23-14-17-12-15-6-3-4-8-18(15)25-17/h3-9,13,17H,2,10-12,14H2,1H3,(H2,21,22,23). The molecule has 0 saturated heterocycles. The quantitative estimate of drug-likeness (QED) is 0.458. The number of aromatic nitrogens is 1. The fraction of sp³-hybridized carbons (Fsp3) is 0.368. The van der Waals surface area contributed by atoms with Crippen molar-refractivity contribution in [3.8, 4) is 11.5 Å². The highest BCUT2D eigenvalue weighted by Gasteiger charge is 2.21. The van der Waals surface area contributed by atoms with Crippen molar-refractivity contribution in [3.63, 3.8) is 0 Å². The molecule has 6 nitrogen and oxygen atoms in total. The highest BCUT2D eigenvalue weighted by molar-refractivity contribution is 5.79. The van der Waals surface area contributed by atoms with Crippen LogP contribution in [0.5, 0.6) is 11.5 Å². The predicted octanol–water partition coefficient (Wildman–Crippen LogP) is 2.02. The highest BCUT2D eigenvalue weighted by atomic mass is 16.5. The van der Waals surface area contributed by atoms with E-state index in [2.05, 4.69) is 26.7 Å². The Morgan fingerprint density at radius 2 is 2.20 bits per heavy atom. The van der Waals surface area contributed by atoms with Crippen LogP contribution in [0.4, 0.5) is 0 Å². The van der Waals surface area contributed by atoms with E-state index in [-0.39, 0.29) is 6.10 Å². The molecule has 0 radical (unpaired) electrons. The molecule has 2 N–H and O–H groups in total. The summed E-state index contributed by atoms with van der Waals surface area (Å²) in [7, 11) is 0. The zero-order valence-electron chi connectivity index (χ0n) is 14.4. The maximum absolute atomic E-state index is 5.92. The number of benzene rings is 1. The van der Waals surface area contributed by atoms with Crippen molar-refractivity contribution in [1.82, 2.24) is 15.6 Å². The van der Waals surface area contributed by atoms with Gasteiger partial charge in [0.25, 0.3) is 0 Å². The summed E-state index contributed by atoms with van der Waals surface area (Å²) in [6.07, 6.45) is 4.43. The second-order valence-electron chi connectivity index (χ2n) is 5.74. The molecule has 132 valence electrons. The number of guanidine groups is 1. The third-order valence-electron chi connectivity index (χ3n) is 3.81. The molecule has 1 aromatic heterocycles. The molecule has 6 heteroatoms. The first kappa shape index (κ1) is 17.1. The van der Waals surface area contributed by atoms with Gasteiger partial charge >= 0.3 is 0 Å². The molecule has 3 rings (SSSR count). The summed E-state index contributed by atoms with van der Waals surface area (Å²) in [5.74, 6) is 2.52. The summed E-state index contributed by atoms with van der Waals surface area (Å²) >= 11 is 0. The summed E-state index contributed by atoms with van der Waals surface area (Å²) < 4.78 is 11.5. The van der Waals surface area contributed by atoms with Gasteiger partial charge in [-0.15, -0.1) is 0 Å². The van der Waals surface area contributed by atoms with E-state index in [1.54, 1.807) is 12.4 Å². The second kappa shape index (κ2) is 8.92. The van der Waals surface area contributed by atoms with Gasteiger partial charge in [0.05, 0.1) is 19.3 Å². The van der Waals surface area contributed by atoms with Gasteiger partial charge in [-0.25, -0.2) is 4.99 Å². The van der Waals surface area contributed by atoms with Crippen LogP contribution >= 0.6 is 0 Å². The van der Waals surface area contributed by atoms with Crippen molar-refractivity contribution in [2.75, 3.05) is 26.2 Å². The Labute approximate surface area is 148 Å². The first-order valence-electron chi connectivity index (χ1n) is 8.64. The zero-order valence-corrected chi connectivity index (χ0v) is 14.4. The van der Waals surface area contributed by atoms with Crippen molar-refractivity contribution >= 4 is 5.96 Å². The van der Waals surface area contributed by atoms with Crippen LogP contribution in [0, 0.1) is 0 Å². The molecular weight excluding hydrogens is 316 g/mol. The minimum Gasteiger partial charge on any atom is -0.490 e. The lowest BCUT2D eigenvalue weighted by Gasteiger charge is -2.13. The van der Waals surface area contributed by atoms with E-state index in [4.69, 9.17) is 9.47 Å². The number of rotatable bonds is 7. The smallest absolute Gasteiger partial charge is 0.191 e. The van der Waals surface area contributed by atoms with E-state index < -0.39 is 0 Å². The van der Waals surface area contributed by atoms with Crippen molar-refractivity contribution in [2.45, 2.75) is 19.4 Å². The third kappa shape index (κ3) is 5.11. The van der Waals surface area contributed by atoms with Gasteiger partial charge < -0.3 is 20.1 Å². The van der Waals surface area contributed by atoms with E-state index in [1.807, 2.05) is 37.3 Å². The molecule has 25 heavy (non-hydrogen) atoms. The van der Waals surface area contributed by atoms with Crippen LogP contribution in [-0.2, 0) is 6.42 Å². The highest BCUT2D eigenvalue weighted by Crippen LogP contribution is 2.28. The van der Waals surface area contributed by atoms with E-state index in [9.17, 15) is 0 Å². The molecule has 1 aromatic carbocycles. The monoisotopic (exact) mass is 340 g/mol. The van der Waals surface area contributed by atoms with Crippen LogP contribution in [-0.4, -0.2) is 43.3 Å². The third-order valence-corrected chi connectivity index (χ3v) is 3.81. The number of hydrogen-bond acceptors (Lipinski definition) is 4. The summed E-state index contributed by atoms with van der Waals surface area (Å²) in [6.45, 7) is 4.67. The van der Waals surface area contributed by atoms with Crippen LogP contribution in [0.1, 0.15) is 12.5 Å². The molecule has 0 bridgehead atoms. The number of pyridine rings is 1. The Kier molecular flexibility index (Phi) is 6.09. The molecule has 0 spiro atoms. The Bertz CT molecular complexity index is 666. The number of aliphatic imine (C=N–C) groups is 1. The first-order valence-corrected chi connectivity index (χ1v) is 8.64. The van der Waals surface area contributed by atoms with Crippen LogP contribution in [0.2, 0.25) is 0 Å². The summed E-state index contributed by atoms with van der Waals surface area (Å²) in [6, 6.07) is 11.9. The molecular formula is C19H24N4O2. The van der Waals surface area contributed by atoms with Crippen LogP contribution < -0.4 is 20.1 Å². The van der Waals surface area contributed by atoms with Gasteiger partial charge in [0, 0.05) is 19.2 Å². The Morgan fingerprint density at radius 1 is 1.28 bits per heavy atom. The van der Waals surface area contributed by atoms with E-state index in [0.717, 1.165) is 30.4 Å². The van der Waals surface area contributed by atoms with Crippen molar-refractivity contribution in [1.29, 1.82) is 0 Å².